The first kappa shape index (κ1) is 21.5. The largest absolute Gasteiger partial charge is 0.508 e. The van der Waals surface area contributed by atoms with Gasteiger partial charge in [-0.25, -0.2) is 4.79 Å². The van der Waals surface area contributed by atoms with E-state index in [1.165, 1.54) is 82.8 Å². The molecule has 3 heteroatoms. The van der Waals surface area contributed by atoms with E-state index >= 15 is 0 Å². The monoisotopic (exact) mass is 348 g/mol. The van der Waals surface area contributed by atoms with Gasteiger partial charge in [0.25, 0.3) is 0 Å². The highest BCUT2D eigenvalue weighted by Crippen LogP contribution is 2.13. The van der Waals surface area contributed by atoms with Crippen LogP contribution in [0.3, 0.4) is 0 Å². The first-order valence-corrected chi connectivity index (χ1v) is 10.2. The third kappa shape index (κ3) is 11.6. The van der Waals surface area contributed by atoms with Gasteiger partial charge in [0, 0.05) is 0 Å². The van der Waals surface area contributed by atoms with Gasteiger partial charge in [-0.2, -0.15) is 0 Å². The van der Waals surface area contributed by atoms with E-state index in [1.54, 1.807) is 12.1 Å². The van der Waals surface area contributed by atoms with Crippen molar-refractivity contribution in [3.63, 3.8) is 0 Å². The smallest absolute Gasteiger partial charge is 0.338 e. The van der Waals surface area contributed by atoms with Gasteiger partial charge < -0.3 is 9.84 Å². The molecule has 0 saturated carbocycles. The molecular weight excluding hydrogens is 312 g/mol. The quantitative estimate of drug-likeness (QED) is 0.285. The Morgan fingerprint density at radius 1 is 0.760 bits per heavy atom. The van der Waals surface area contributed by atoms with Crippen LogP contribution in [0.2, 0.25) is 0 Å². The van der Waals surface area contributed by atoms with E-state index in [0.29, 0.717) is 12.2 Å². The fourth-order valence-corrected chi connectivity index (χ4v) is 2.97. The highest BCUT2D eigenvalue weighted by Gasteiger charge is 2.06. The Hall–Kier alpha value is -1.51. The highest BCUT2D eigenvalue weighted by atomic mass is 16.5. The number of phenolic OH excluding ortho intramolecular Hbond substituents is 1. The molecule has 0 unspecified atom stereocenters. The van der Waals surface area contributed by atoms with Crippen molar-refractivity contribution in [1.29, 1.82) is 0 Å². The molecule has 0 fully saturated rings. The molecule has 0 spiro atoms. The summed E-state index contributed by atoms with van der Waals surface area (Å²) in [5, 5.41) is 9.19. The van der Waals surface area contributed by atoms with Gasteiger partial charge in [0.2, 0.25) is 0 Å². The number of esters is 1. The van der Waals surface area contributed by atoms with Crippen molar-refractivity contribution in [2.24, 2.45) is 0 Å². The van der Waals surface area contributed by atoms with Crippen molar-refractivity contribution < 1.29 is 14.6 Å². The summed E-state index contributed by atoms with van der Waals surface area (Å²) in [7, 11) is 0. The second-order valence-corrected chi connectivity index (χ2v) is 6.93. The summed E-state index contributed by atoms with van der Waals surface area (Å²) >= 11 is 0. The zero-order valence-electron chi connectivity index (χ0n) is 16.0. The Morgan fingerprint density at radius 3 is 1.68 bits per heavy atom. The van der Waals surface area contributed by atoms with Crippen LogP contribution in [0, 0.1) is 0 Å². The molecule has 142 valence electrons. The lowest BCUT2D eigenvalue weighted by atomic mass is 10.0. The van der Waals surface area contributed by atoms with Gasteiger partial charge in [0.15, 0.2) is 0 Å². The normalized spacial score (nSPS) is 10.8. The number of hydrogen-bond donors (Lipinski definition) is 1. The Labute approximate surface area is 153 Å². The maximum Gasteiger partial charge on any atom is 0.338 e. The number of ether oxygens (including phenoxy) is 1. The maximum atomic E-state index is 11.8. The van der Waals surface area contributed by atoms with Gasteiger partial charge in [-0.3, -0.25) is 0 Å². The zero-order chi connectivity index (χ0) is 18.2. The van der Waals surface area contributed by atoms with Crippen molar-refractivity contribution in [2.75, 3.05) is 6.61 Å². The molecule has 3 nitrogen and oxygen atoms in total. The van der Waals surface area contributed by atoms with Crippen LogP contribution in [-0.4, -0.2) is 17.7 Å². The average molecular weight is 349 g/mol. The van der Waals surface area contributed by atoms with Crippen molar-refractivity contribution in [3.05, 3.63) is 29.8 Å². The Bertz CT molecular complexity index is 439. The zero-order valence-corrected chi connectivity index (χ0v) is 16.0. The summed E-state index contributed by atoms with van der Waals surface area (Å²) in [5.41, 5.74) is 0.493. The van der Waals surface area contributed by atoms with E-state index in [2.05, 4.69) is 6.92 Å². The van der Waals surface area contributed by atoms with Crippen LogP contribution in [0.25, 0.3) is 0 Å². The van der Waals surface area contributed by atoms with Gasteiger partial charge in [-0.15, -0.1) is 0 Å². The third-order valence-corrected chi connectivity index (χ3v) is 4.58. The molecule has 1 N–H and O–H groups in total. The first-order chi connectivity index (χ1) is 12.2. The van der Waals surface area contributed by atoms with Gasteiger partial charge in [0.05, 0.1) is 12.2 Å². The number of hydrogen-bond acceptors (Lipinski definition) is 3. The van der Waals surface area contributed by atoms with Crippen LogP contribution in [-0.2, 0) is 4.74 Å². The molecule has 1 aromatic carbocycles. The van der Waals surface area contributed by atoms with E-state index < -0.39 is 0 Å². The van der Waals surface area contributed by atoms with Crippen LogP contribution < -0.4 is 0 Å². The second kappa shape index (κ2) is 14.8. The topological polar surface area (TPSA) is 46.5 Å². The molecule has 0 atom stereocenters. The van der Waals surface area contributed by atoms with Crippen LogP contribution >= 0.6 is 0 Å². The number of aromatic hydroxyl groups is 1. The lowest BCUT2D eigenvalue weighted by Gasteiger charge is -2.05. The minimum absolute atomic E-state index is 0.160. The van der Waals surface area contributed by atoms with Gasteiger partial charge in [-0.05, 0) is 30.7 Å². The molecule has 1 rings (SSSR count). The Balaban J connectivity index is 1.84. The van der Waals surface area contributed by atoms with E-state index in [0.717, 1.165) is 12.8 Å². The van der Waals surface area contributed by atoms with Crippen LogP contribution in [0.5, 0.6) is 5.75 Å². The summed E-state index contributed by atoms with van der Waals surface area (Å²) in [4.78, 5) is 11.8. The van der Waals surface area contributed by atoms with Gasteiger partial charge in [-0.1, -0.05) is 84.0 Å². The van der Waals surface area contributed by atoms with E-state index in [1.807, 2.05) is 0 Å². The number of rotatable bonds is 15. The van der Waals surface area contributed by atoms with Crippen molar-refractivity contribution in [3.8, 4) is 5.75 Å². The van der Waals surface area contributed by atoms with Crippen LogP contribution in [0.15, 0.2) is 24.3 Å². The van der Waals surface area contributed by atoms with Crippen LogP contribution in [0.4, 0.5) is 0 Å². The predicted octanol–water partition coefficient (Wildman–Crippen LogP) is 6.64. The van der Waals surface area contributed by atoms with E-state index in [4.69, 9.17) is 4.74 Å². The molecule has 25 heavy (non-hydrogen) atoms. The maximum absolute atomic E-state index is 11.8. The van der Waals surface area contributed by atoms with Crippen molar-refractivity contribution >= 4 is 5.97 Å². The Kier molecular flexibility index (Phi) is 12.7. The third-order valence-electron chi connectivity index (χ3n) is 4.58. The summed E-state index contributed by atoms with van der Waals surface area (Å²) in [6.07, 6.45) is 17.0. The molecule has 0 bridgehead atoms. The molecule has 0 saturated heterocycles. The number of carbonyl (C=O) groups excluding carboxylic acids is 1. The van der Waals surface area contributed by atoms with E-state index in [-0.39, 0.29) is 11.7 Å². The molecule has 0 amide bonds. The number of unbranched alkanes of at least 4 members (excludes halogenated alkanes) is 12. The lowest BCUT2D eigenvalue weighted by Crippen LogP contribution is -2.06. The van der Waals surface area contributed by atoms with Crippen molar-refractivity contribution in [2.45, 2.75) is 90.4 Å². The summed E-state index contributed by atoms with van der Waals surface area (Å²) in [5.74, 6) is -0.146. The Morgan fingerprint density at radius 2 is 1.20 bits per heavy atom. The minimum atomic E-state index is -0.307. The number of phenols is 1. The number of carbonyl (C=O) groups is 1. The van der Waals surface area contributed by atoms with E-state index in [9.17, 15) is 9.90 Å². The molecule has 1 aromatic rings. The standard InChI is InChI=1S/C22H36O3/c1-2-3-4-5-6-7-8-9-10-11-12-13-14-19-25-22(24)20-15-17-21(23)18-16-20/h15-18,23H,2-14,19H2,1H3. The first-order valence-electron chi connectivity index (χ1n) is 10.2. The molecule has 0 aliphatic carbocycles. The van der Waals surface area contributed by atoms with Crippen LogP contribution in [0.1, 0.15) is 101 Å². The van der Waals surface area contributed by atoms with Gasteiger partial charge in [0.1, 0.15) is 5.75 Å². The second-order valence-electron chi connectivity index (χ2n) is 6.93. The SMILES string of the molecule is CCCCCCCCCCCCCCCOC(=O)c1ccc(O)cc1. The fraction of sp³-hybridized carbons (Fsp3) is 0.682. The highest BCUT2D eigenvalue weighted by molar-refractivity contribution is 5.89. The average Bonchev–Trinajstić information content (AvgIpc) is 2.62. The molecule has 0 aliphatic rings. The molecular formula is C22H36O3. The number of benzene rings is 1. The molecule has 0 aromatic heterocycles. The summed E-state index contributed by atoms with van der Waals surface area (Å²) in [6, 6.07) is 6.17. The summed E-state index contributed by atoms with van der Waals surface area (Å²) < 4.78 is 5.25. The van der Waals surface area contributed by atoms with Crippen molar-refractivity contribution in [1.82, 2.24) is 0 Å². The molecule has 0 heterocycles. The summed E-state index contributed by atoms with van der Waals surface area (Å²) in [6.45, 7) is 2.75. The lowest BCUT2D eigenvalue weighted by molar-refractivity contribution is 0.0497. The fourth-order valence-electron chi connectivity index (χ4n) is 2.97. The molecule has 0 aliphatic heterocycles. The predicted molar refractivity (Wildman–Crippen MR) is 104 cm³/mol. The minimum Gasteiger partial charge on any atom is -0.508 e. The van der Waals surface area contributed by atoms with Gasteiger partial charge >= 0.3 is 5.97 Å². The molecule has 0 radical (unpaired) electrons.